The molecule has 1 aliphatic rings. The summed E-state index contributed by atoms with van der Waals surface area (Å²) in [6, 6.07) is 7.57. The SMILES string of the molecule is COc1ccc(-c2nc(NC(=O)C3CCCN(S(=O)(=O)c4c(C)noc4C)C3)sc2C)cc1. The number of thiazole rings is 1. The summed E-state index contributed by atoms with van der Waals surface area (Å²) in [6.45, 7) is 5.59. The Hall–Kier alpha value is -2.76. The maximum atomic E-state index is 13.1. The van der Waals surface area contributed by atoms with Gasteiger partial charge in [0.2, 0.25) is 15.9 Å². The summed E-state index contributed by atoms with van der Waals surface area (Å²) in [4.78, 5) is 18.6. The van der Waals surface area contributed by atoms with Gasteiger partial charge in [-0.15, -0.1) is 11.3 Å². The number of aryl methyl sites for hydroxylation is 3. The highest BCUT2D eigenvalue weighted by Crippen LogP contribution is 2.33. The van der Waals surface area contributed by atoms with Crippen LogP contribution in [0.2, 0.25) is 0 Å². The number of anilines is 1. The van der Waals surface area contributed by atoms with Gasteiger partial charge >= 0.3 is 0 Å². The average molecular weight is 491 g/mol. The number of rotatable bonds is 6. The predicted octanol–water partition coefficient (Wildman–Crippen LogP) is 3.77. The van der Waals surface area contributed by atoms with E-state index in [1.165, 1.54) is 15.6 Å². The summed E-state index contributed by atoms with van der Waals surface area (Å²) >= 11 is 1.39. The molecule has 1 amide bonds. The highest BCUT2D eigenvalue weighted by molar-refractivity contribution is 7.89. The van der Waals surface area contributed by atoms with Gasteiger partial charge in [-0.05, 0) is 57.9 Å². The summed E-state index contributed by atoms with van der Waals surface area (Å²) in [5.41, 5.74) is 2.05. The van der Waals surface area contributed by atoms with Crippen LogP contribution in [0, 0.1) is 26.7 Å². The number of aromatic nitrogens is 2. The molecule has 1 N–H and O–H groups in total. The van der Waals surface area contributed by atoms with E-state index in [1.807, 2.05) is 31.2 Å². The Labute approximate surface area is 196 Å². The largest absolute Gasteiger partial charge is 0.497 e. The summed E-state index contributed by atoms with van der Waals surface area (Å²) in [6.07, 6.45) is 1.20. The van der Waals surface area contributed by atoms with Crippen molar-refractivity contribution < 1.29 is 22.5 Å². The predicted molar refractivity (Wildman–Crippen MR) is 125 cm³/mol. The van der Waals surface area contributed by atoms with Crippen molar-refractivity contribution in [1.82, 2.24) is 14.4 Å². The maximum Gasteiger partial charge on any atom is 0.248 e. The van der Waals surface area contributed by atoms with Gasteiger partial charge in [0.1, 0.15) is 16.3 Å². The van der Waals surface area contributed by atoms with Crippen LogP contribution in [0.3, 0.4) is 0 Å². The smallest absolute Gasteiger partial charge is 0.248 e. The summed E-state index contributed by atoms with van der Waals surface area (Å²) in [7, 11) is -2.18. The van der Waals surface area contributed by atoms with Gasteiger partial charge in [-0.2, -0.15) is 4.31 Å². The van der Waals surface area contributed by atoms with E-state index >= 15 is 0 Å². The van der Waals surface area contributed by atoms with Crippen molar-refractivity contribution in [2.45, 2.75) is 38.5 Å². The molecule has 0 radical (unpaired) electrons. The minimum absolute atomic E-state index is 0.0863. The topological polar surface area (TPSA) is 115 Å². The van der Waals surface area contributed by atoms with E-state index in [1.54, 1.807) is 21.0 Å². The van der Waals surface area contributed by atoms with Gasteiger partial charge in [0.25, 0.3) is 0 Å². The van der Waals surface area contributed by atoms with E-state index in [9.17, 15) is 13.2 Å². The van der Waals surface area contributed by atoms with Crippen LogP contribution in [-0.4, -0.2) is 49.0 Å². The zero-order chi connectivity index (χ0) is 23.8. The molecule has 2 aromatic heterocycles. The third kappa shape index (κ3) is 4.66. The third-order valence-corrected chi connectivity index (χ3v) is 8.71. The van der Waals surface area contributed by atoms with E-state index < -0.39 is 15.9 Å². The molecule has 4 rings (SSSR count). The molecule has 176 valence electrons. The number of sulfonamides is 1. The number of hydrogen-bond donors (Lipinski definition) is 1. The quantitative estimate of drug-likeness (QED) is 0.559. The number of ether oxygens (including phenoxy) is 1. The van der Waals surface area contributed by atoms with Crippen molar-refractivity contribution in [2.75, 3.05) is 25.5 Å². The zero-order valence-corrected chi connectivity index (χ0v) is 20.5. The average Bonchev–Trinajstić information content (AvgIpc) is 3.34. The van der Waals surface area contributed by atoms with E-state index in [4.69, 9.17) is 9.26 Å². The molecule has 3 aromatic rings. The van der Waals surface area contributed by atoms with Crippen molar-refractivity contribution >= 4 is 32.4 Å². The van der Waals surface area contributed by atoms with Crippen LogP contribution in [0.25, 0.3) is 11.3 Å². The molecule has 3 heterocycles. The molecule has 1 aromatic carbocycles. The first-order chi connectivity index (χ1) is 15.7. The minimum Gasteiger partial charge on any atom is -0.497 e. The Balaban J connectivity index is 1.48. The Morgan fingerprint density at radius 1 is 1.24 bits per heavy atom. The fourth-order valence-electron chi connectivity index (χ4n) is 4.02. The second-order valence-corrected chi connectivity index (χ2v) is 11.1. The molecule has 0 bridgehead atoms. The van der Waals surface area contributed by atoms with Gasteiger partial charge in [-0.1, -0.05) is 5.16 Å². The molecule has 0 saturated carbocycles. The molecule has 1 saturated heterocycles. The molecule has 11 heteroatoms. The second-order valence-electron chi connectivity index (χ2n) is 8.00. The number of carbonyl (C=O) groups is 1. The lowest BCUT2D eigenvalue weighted by Crippen LogP contribution is -2.43. The molecule has 1 fully saturated rings. The zero-order valence-electron chi connectivity index (χ0n) is 18.9. The highest BCUT2D eigenvalue weighted by atomic mass is 32.2. The van der Waals surface area contributed by atoms with Crippen molar-refractivity contribution in [1.29, 1.82) is 0 Å². The first-order valence-electron chi connectivity index (χ1n) is 10.6. The van der Waals surface area contributed by atoms with Gasteiger partial charge < -0.3 is 14.6 Å². The molecule has 0 spiro atoms. The van der Waals surface area contributed by atoms with Crippen LogP contribution in [-0.2, 0) is 14.8 Å². The molecule has 1 aliphatic heterocycles. The van der Waals surface area contributed by atoms with Crippen molar-refractivity contribution in [3.05, 3.63) is 40.6 Å². The fourth-order valence-corrected chi connectivity index (χ4v) is 6.67. The van der Waals surface area contributed by atoms with Gasteiger partial charge in [-0.25, -0.2) is 13.4 Å². The number of benzene rings is 1. The number of nitrogens with zero attached hydrogens (tertiary/aromatic N) is 3. The molecule has 33 heavy (non-hydrogen) atoms. The van der Waals surface area contributed by atoms with Crippen molar-refractivity contribution in [2.24, 2.45) is 5.92 Å². The van der Waals surface area contributed by atoms with Crippen LogP contribution in [0.1, 0.15) is 29.2 Å². The van der Waals surface area contributed by atoms with Crippen molar-refractivity contribution in [3.8, 4) is 17.0 Å². The van der Waals surface area contributed by atoms with E-state index in [2.05, 4.69) is 15.5 Å². The first kappa shape index (κ1) is 23.4. The second kappa shape index (κ2) is 9.24. The molecule has 1 unspecified atom stereocenters. The lowest BCUT2D eigenvalue weighted by molar-refractivity contribution is -0.120. The van der Waals surface area contributed by atoms with E-state index in [0.29, 0.717) is 30.2 Å². The summed E-state index contributed by atoms with van der Waals surface area (Å²) in [5, 5.41) is 7.14. The van der Waals surface area contributed by atoms with Crippen LogP contribution in [0.15, 0.2) is 33.7 Å². The fraction of sp³-hybridized carbons (Fsp3) is 0.409. The number of carbonyl (C=O) groups excluding carboxylic acids is 1. The lowest BCUT2D eigenvalue weighted by Gasteiger charge is -2.30. The molecule has 0 aliphatic carbocycles. The number of amides is 1. The standard InChI is InChI=1S/C22H26N4O5S2/c1-13-20(14(2)31-25-13)33(28,29)26-11-5-6-17(12-26)21(27)24-22-23-19(15(3)32-22)16-7-9-18(30-4)10-8-16/h7-10,17H,5-6,11-12H2,1-4H3,(H,23,24,27). The monoisotopic (exact) mass is 490 g/mol. The lowest BCUT2D eigenvalue weighted by atomic mass is 9.99. The highest BCUT2D eigenvalue weighted by Gasteiger charge is 2.36. The van der Waals surface area contributed by atoms with Crippen LogP contribution in [0.5, 0.6) is 5.75 Å². The van der Waals surface area contributed by atoms with Crippen LogP contribution >= 0.6 is 11.3 Å². The van der Waals surface area contributed by atoms with E-state index in [0.717, 1.165) is 21.9 Å². The van der Waals surface area contributed by atoms with Gasteiger partial charge in [0.15, 0.2) is 10.9 Å². The Kier molecular flexibility index (Phi) is 6.55. The maximum absolute atomic E-state index is 13.1. The number of piperidine rings is 1. The Morgan fingerprint density at radius 3 is 2.61 bits per heavy atom. The number of hydrogen-bond acceptors (Lipinski definition) is 8. The van der Waals surface area contributed by atoms with Gasteiger partial charge in [0.05, 0.1) is 18.7 Å². The van der Waals surface area contributed by atoms with Crippen molar-refractivity contribution in [3.63, 3.8) is 0 Å². The van der Waals surface area contributed by atoms with Crippen LogP contribution in [0.4, 0.5) is 5.13 Å². The summed E-state index contributed by atoms with van der Waals surface area (Å²) in [5.74, 6) is 0.309. The Bertz CT molecular complexity index is 1240. The van der Waals surface area contributed by atoms with Gasteiger partial charge in [0, 0.05) is 23.5 Å². The number of methoxy groups -OCH3 is 1. The van der Waals surface area contributed by atoms with Gasteiger partial charge in [-0.3, -0.25) is 4.79 Å². The number of nitrogens with one attached hydrogen (secondary N) is 1. The van der Waals surface area contributed by atoms with Crippen LogP contribution < -0.4 is 10.1 Å². The molecule has 9 nitrogen and oxygen atoms in total. The third-order valence-electron chi connectivity index (χ3n) is 5.71. The molecular formula is C22H26N4O5S2. The normalized spacial score (nSPS) is 17.2. The molecule has 1 atom stereocenters. The minimum atomic E-state index is -3.79. The van der Waals surface area contributed by atoms with E-state index in [-0.39, 0.29) is 23.1 Å². The summed E-state index contributed by atoms with van der Waals surface area (Å²) < 4.78 is 37.9. The molecular weight excluding hydrogens is 464 g/mol. The Morgan fingerprint density at radius 2 is 1.97 bits per heavy atom. The first-order valence-corrected chi connectivity index (χ1v) is 12.8.